The number of sulfonamides is 1. The van der Waals surface area contributed by atoms with E-state index >= 15 is 0 Å². The van der Waals surface area contributed by atoms with Crippen molar-refractivity contribution >= 4 is 27.3 Å². The van der Waals surface area contributed by atoms with Crippen molar-refractivity contribution in [3.8, 4) is 0 Å². The summed E-state index contributed by atoms with van der Waals surface area (Å²) in [5.41, 5.74) is 0. The molecule has 0 aliphatic heterocycles. The zero-order valence-electron chi connectivity index (χ0n) is 10.7. The third-order valence-corrected chi connectivity index (χ3v) is 4.83. The van der Waals surface area contributed by atoms with E-state index in [0.29, 0.717) is 17.3 Å². The maximum atomic E-state index is 11.9. The number of hydrogen-bond donors (Lipinski definition) is 1. The van der Waals surface area contributed by atoms with Crippen LogP contribution in [0.2, 0.25) is 0 Å². The highest BCUT2D eigenvalue weighted by Gasteiger charge is 2.15. The molecule has 0 fully saturated rings. The lowest BCUT2D eigenvalue weighted by molar-refractivity contribution is -0.129. The fraction of sp³-hybridized carbons (Fsp3) is 0.545. The third kappa shape index (κ3) is 4.40. The van der Waals surface area contributed by atoms with Crippen molar-refractivity contribution in [2.24, 2.45) is 11.1 Å². The number of nitrogens with zero attached hydrogens (tertiary/aromatic N) is 1. The molecule has 18 heavy (non-hydrogen) atoms. The number of hydrogen-bond acceptors (Lipinski definition) is 4. The fourth-order valence-corrected chi connectivity index (χ4v) is 3.31. The van der Waals surface area contributed by atoms with Crippen molar-refractivity contribution in [2.75, 3.05) is 13.6 Å². The van der Waals surface area contributed by atoms with Gasteiger partial charge >= 0.3 is 0 Å². The van der Waals surface area contributed by atoms with Gasteiger partial charge in [0.25, 0.3) is 0 Å². The summed E-state index contributed by atoms with van der Waals surface area (Å²) in [4.78, 5) is 14.2. The molecule has 0 bridgehead atoms. The Labute approximate surface area is 112 Å². The molecular formula is C11H18N2O3S2. The largest absolute Gasteiger partial charge is 0.345 e. The summed E-state index contributed by atoms with van der Waals surface area (Å²) >= 11 is 1.04. The molecule has 1 aromatic heterocycles. The number of nitrogens with two attached hydrogens (primary N) is 1. The van der Waals surface area contributed by atoms with Crippen LogP contribution in [-0.2, 0) is 21.2 Å². The lowest BCUT2D eigenvalue weighted by Crippen LogP contribution is -2.31. The number of carbonyl (C=O) groups is 1. The molecule has 0 aromatic carbocycles. The fourth-order valence-electron chi connectivity index (χ4n) is 1.54. The molecule has 0 aliphatic carbocycles. The Balaban J connectivity index is 2.68. The lowest BCUT2D eigenvalue weighted by Gasteiger charge is -2.18. The van der Waals surface area contributed by atoms with E-state index in [2.05, 4.69) is 0 Å². The molecule has 0 spiro atoms. The third-order valence-electron chi connectivity index (χ3n) is 2.31. The minimum atomic E-state index is -3.66. The highest BCUT2D eigenvalue weighted by molar-refractivity contribution is 7.91. The molecule has 1 amide bonds. The van der Waals surface area contributed by atoms with Gasteiger partial charge in [-0.15, -0.1) is 11.3 Å². The summed E-state index contributed by atoms with van der Waals surface area (Å²) in [6, 6.07) is 3.07. The first-order valence-electron chi connectivity index (χ1n) is 5.55. The van der Waals surface area contributed by atoms with E-state index in [-0.39, 0.29) is 16.5 Å². The van der Waals surface area contributed by atoms with Gasteiger partial charge < -0.3 is 4.90 Å². The molecule has 1 rings (SSSR count). The number of likely N-dealkylation sites (N-methyl/N-ethyl adjacent to an activating group) is 1. The minimum Gasteiger partial charge on any atom is -0.345 e. The molecule has 1 aromatic rings. The normalized spacial score (nSPS) is 11.8. The molecule has 0 saturated heterocycles. The van der Waals surface area contributed by atoms with Gasteiger partial charge in [0.05, 0.1) is 6.42 Å². The summed E-state index contributed by atoms with van der Waals surface area (Å²) in [6.07, 6.45) is 0.212. The van der Waals surface area contributed by atoms with Crippen LogP contribution in [0.5, 0.6) is 0 Å². The van der Waals surface area contributed by atoms with E-state index < -0.39 is 10.0 Å². The van der Waals surface area contributed by atoms with Crippen LogP contribution in [0, 0.1) is 5.92 Å². The molecule has 7 heteroatoms. The highest BCUT2D eigenvalue weighted by Crippen LogP contribution is 2.21. The van der Waals surface area contributed by atoms with Crippen molar-refractivity contribution in [1.82, 2.24) is 4.90 Å². The molecular weight excluding hydrogens is 272 g/mol. The van der Waals surface area contributed by atoms with Crippen LogP contribution in [0.4, 0.5) is 0 Å². The Morgan fingerprint density at radius 2 is 2.06 bits per heavy atom. The summed E-state index contributed by atoms with van der Waals surface area (Å²) < 4.78 is 22.3. The Hall–Kier alpha value is -0.920. The number of carbonyl (C=O) groups excluding carboxylic acids is 1. The van der Waals surface area contributed by atoms with E-state index in [1.165, 1.54) is 6.07 Å². The molecule has 5 nitrogen and oxygen atoms in total. The van der Waals surface area contributed by atoms with Crippen LogP contribution in [0.25, 0.3) is 0 Å². The molecule has 2 N–H and O–H groups in total. The van der Waals surface area contributed by atoms with Crippen LogP contribution in [0.15, 0.2) is 16.3 Å². The monoisotopic (exact) mass is 290 g/mol. The van der Waals surface area contributed by atoms with Gasteiger partial charge in [0.2, 0.25) is 15.9 Å². The Bertz CT molecular complexity index is 520. The summed E-state index contributed by atoms with van der Waals surface area (Å²) in [5.74, 6) is 0.383. The predicted octanol–water partition coefficient (Wildman–Crippen LogP) is 1.05. The van der Waals surface area contributed by atoms with Crippen LogP contribution in [0.1, 0.15) is 18.7 Å². The van der Waals surface area contributed by atoms with Crippen LogP contribution >= 0.6 is 11.3 Å². The summed E-state index contributed by atoms with van der Waals surface area (Å²) in [7, 11) is -1.92. The maximum absolute atomic E-state index is 11.9. The molecule has 0 atom stereocenters. The standard InChI is InChI=1S/C11H18N2O3S2/c1-8(2)7-13(3)10(14)6-9-4-5-11(17-9)18(12,15)16/h4-5,8H,6-7H2,1-3H3,(H2,12,15,16). The van der Waals surface area contributed by atoms with Crippen molar-refractivity contribution in [2.45, 2.75) is 24.5 Å². The van der Waals surface area contributed by atoms with E-state index in [1.54, 1.807) is 18.0 Å². The van der Waals surface area contributed by atoms with Gasteiger partial charge in [0.15, 0.2) is 0 Å². The first kappa shape index (κ1) is 15.1. The summed E-state index contributed by atoms with van der Waals surface area (Å²) in [5, 5.41) is 5.01. The van der Waals surface area contributed by atoms with Gasteiger partial charge in [-0.2, -0.15) is 0 Å². The Morgan fingerprint density at radius 1 is 1.44 bits per heavy atom. The topological polar surface area (TPSA) is 80.5 Å². The van der Waals surface area contributed by atoms with E-state index in [4.69, 9.17) is 5.14 Å². The van der Waals surface area contributed by atoms with Crippen molar-refractivity contribution < 1.29 is 13.2 Å². The Morgan fingerprint density at radius 3 is 2.50 bits per heavy atom. The van der Waals surface area contributed by atoms with E-state index in [9.17, 15) is 13.2 Å². The average Bonchev–Trinajstić information content (AvgIpc) is 2.64. The van der Waals surface area contributed by atoms with Gasteiger partial charge in [-0.05, 0) is 18.1 Å². The van der Waals surface area contributed by atoms with Crippen LogP contribution in [0.3, 0.4) is 0 Å². The van der Waals surface area contributed by atoms with Gasteiger partial charge in [0, 0.05) is 18.5 Å². The molecule has 0 saturated carbocycles. The van der Waals surface area contributed by atoms with Gasteiger partial charge in [-0.1, -0.05) is 13.8 Å². The second-order valence-corrected chi connectivity index (χ2v) is 7.57. The molecule has 0 unspecified atom stereocenters. The average molecular weight is 290 g/mol. The van der Waals surface area contributed by atoms with Crippen molar-refractivity contribution in [1.29, 1.82) is 0 Å². The van der Waals surface area contributed by atoms with Gasteiger partial charge in [0.1, 0.15) is 4.21 Å². The molecule has 0 radical (unpaired) electrons. The zero-order valence-corrected chi connectivity index (χ0v) is 12.3. The van der Waals surface area contributed by atoms with Gasteiger partial charge in [-0.3, -0.25) is 4.79 Å². The maximum Gasteiger partial charge on any atom is 0.247 e. The second kappa shape index (κ2) is 5.81. The van der Waals surface area contributed by atoms with Gasteiger partial charge in [-0.25, -0.2) is 13.6 Å². The minimum absolute atomic E-state index is 0.0217. The molecule has 0 aliphatic rings. The van der Waals surface area contributed by atoms with Crippen LogP contribution < -0.4 is 5.14 Å². The lowest BCUT2D eigenvalue weighted by atomic mass is 10.2. The quantitative estimate of drug-likeness (QED) is 0.880. The zero-order chi connectivity index (χ0) is 13.9. The second-order valence-electron chi connectivity index (χ2n) is 4.61. The highest BCUT2D eigenvalue weighted by atomic mass is 32.2. The van der Waals surface area contributed by atoms with Crippen molar-refractivity contribution in [3.05, 3.63) is 17.0 Å². The predicted molar refractivity (Wildman–Crippen MR) is 71.9 cm³/mol. The number of amides is 1. The number of primary sulfonamides is 1. The smallest absolute Gasteiger partial charge is 0.247 e. The van der Waals surface area contributed by atoms with E-state index in [0.717, 1.165) is 11.3 Å². The molecule has 102 valence electrons. The Kier molecular flexibility index (Phi) is 4.89. The van der Waals surface area contributed by atoms with Crippen LogP contribution in [-0.4, -0.2) is 32.8 Å². The molecule has 1 heterocycles. The first-order chi connectivity index (χ1) is 8.20. The van der Waals surface area contributed by atoms with E-state index in [1.807, 2.05) is 13.8 Å². The summed E-state index contributed by atoms with van der Waals surface area (Å²) in [6.45, 7) is 4.76. The number of thiophene rings is 1. The number of rotatable bonds is 5. The SMILES string of the molecule is CC(C)CN(C)C(=O)Cc1ccc(S(N)(=O)=O)s1. The first-order valence-corrected chi connectivity index (χ1v) is 7.92. The van der Waals surface area contributed by atoms with Crippen molar-refractivity contribution in [3.63, 3.8) is 0 Å².